The van der Waals surface area contributed by atoms with E-state index in [1.807, 2.05) is 0 Å². The minimum absolute atomic E-state index is 0.0483. The average Bonchev–Trinajstić information content (AvgIpc) is 3.13. The minimum Gasteiger partial charge on any atom is -0.392 e. The molecule has 1 N–H and O–H groups in total. The van der Waals surface area contributed by atoms with Crippen LogP contribution in [-0.2, 0) is 19.1 Å². The summed E-state index contributed by atoms with van der Waals surface area (Å²) >= 11 is 0.665. The summed E-state index contributed by atoms with van der Waals surface area (Å²) in [6.07, 6.45) is 1.39. The Bertz CT molecular complexity index is 717. The first-order valence-electron chi connectivity index (χ1n) is 8.25. The van der Waals surface area contributed by atoms with Gasteiger partial charge in [0.2, 0.25) is 0 Å². The fraction of sp³-hybridized carbons (Fsp3) is 0.444. The molecule has 26 heavy (non-hydrogen) atoms. The van der Waals surface area contributed by atoms with Crippen molar-refractivity contribution in [3.63, 3.8) is 0 Å². The van der Waals surface area contributed by atoms with Crippen molar-refractivity contribution in [3.05, 3.63) is 35.6 Å². The summed E-state index contributed by atoms with van der Waals surface area (Å²) in [6.45, 7) is 3.35. The van der Waals surface area contributed by atoms with E-state index >= 15 is 0 Å². The monoisotopic (exact) mass is 381 g/mol. The molecule has 0 radical (unpaired) electrons. The number of nitrogens with one attached hydrogen (secondary N) is 1. The van der Waals surface area contributed by atoms with E-state index in [0.717, 1.165) is 12.5 Å². The number of halogens is 1. The van der Waals surface area contributed by atoms with Crippen molar-refractivity contribution in [3.8, 4) is 0 Å². The Morgan fingerprint density at radius 1 is 1.31 bits per heavy atom. The van der Waals surface area contributed by atoms with Gasteiger partial charge in [-0.2, -0.15) is 0 Å². The highest BCUT2D eigenvalue weighted by Gasteiger charge is 2.36. The standard InChI is InChI=1S/C18H20FNO5S/c1-10(17(23)25-18(24)14-7-4-8-20-14)16(26-11(2)21)15(22)12-5-3-6-13(19)9-12/h3,5-6,9-10,14,16,20H,4,7-8H2,1-2H3/t10?,14-,16?/m0/s1. The van der Waals surface area contributed by atoms with Gasteiger partial charge in [-0.05, 0) is 31.5 Å². The van der Waals surface area contributed by atoms with Gasteiger partial charge in [-0.3, -0.25) is 14.4 Å². The molecule has 0 bridgehead atoms. The molecule has 1 aliphatic heterocycles. The Morgan fingerprint density at radius 2 is 2.04 bits per heavy atom. The van der Waals surface area contributed by atoms with Crippen molar-refractivity contribution in [2.45, 2.75) is 38.0 Å². The zero-order chi connectivity index (χ0) is 19.3. The molecule has 2 rings (SSSR count). The average molecular weight is 381 g/mol. The van der Waals surface area contributed by atoms with Gasteiger partial charge in [-0.15, -0.1) is 0 Å². The van der Waals surface area contributed by atoms with Gasteiger partial charge in [0.1, 0.15) is 11.9 Å². The third-order valence-corrected chi connectivity index (χ3v) is 5.24. The summed E-state index contributed by atoms with van der Waals surface area (Å²) in [5.74, 6) is -3.79. The van der Waals surface area contributed by atoms with Gasteiger partial charge in [0.25, 0.3) is 0 Å². The summed E-state index contributed by atoms with van der Waals surface area (Å²) < 4.78 is 18.3. The van der Waals surface area contributed by atoms with Gasteiger partial charge >= 0.3 is 11.9 Å². The third kappa shape index (κ3) is 5.22. The summed E-state index contributed by atoms with van der Waals surface area (Å²) in [4.78, 5) is 48.5. The number of benzene rings is 1. The van der Waals surface area contributed by atoms with E-state index in [9.17, 15) is 23.6 Å². The van der Waals surface area contributed by atoms with Crippen LogP contribution < -0.4 is 5.32 Å². The number of esters is 2. The molecule has 0 spiro atoms. The highest BCUT2D eigenvalue weighted by Crippen LogP contribution is 2.26. The summed E-state index contributed by atoms with van der Waals surface area (Å²) in [5, 5.41) is 1.44. The van der Waals surface area contributed by atoms with Gasteiger partial charge in [0.15, 0.2) is 10.9 Å². The van der Waals surface area contributed by atoms with Gasteiger partial charge in [-0.25, -0.2) is 9.18 Å². The third-order valence-electron chi connectivity index (χ3n) is 4.03. The van der Waals surface area contributed by atoms with E-state index in [4.69, 9.17) is 4.74 Å². The lowest BCUT2D eigenvalue weighted by Gasteiger charge is -2.20. The van der Waals surface area contributed by atoms with Crippen LogP contribution in [0.25, 0.3) is 0 Å². The number of ketones is 1. The lowest BCUT2D eigenvalue weighted by Crippen LogP contribution is -2.38. The molecule has 0 amide bonds. The van der Waals surface area contributed by atoms with E-state index < -0.39 is 40.7 Å². The van der Waals surface area contributed by atoms with Crippen molar-refractivity contribution < 1.29 is 28.3 Å². The van der Waals surface area contributed by atoms with E-state index in [0.29, 0.717) is 24.7 Å². The van der Waals surface area contributed by atoms with Crippen molar-refractivity contribution in [2.24, 2.45) is 5.92 Å². The van der Waals surface area contributed by atoms with Gasteiger partial charge in [-0.1, -0.05) is 30.8 Å². The number of carbonyl (C=O) groups excluding carboxylic acids is 4. The molecule has 0 saturated carbocycles. The topological polar surface area (TPSA) is 89.5 Å². The fourth-order valence-electron chi connectivity index (χ4n) is 2.64. The van der Waals surface area contributed by atoms with Crippen molar-refractivity contribution in [1.29, 1.82) is 0 Å². The predicted molar refractivity (Wildman–Crippen MR) is 94.1 cm³/mol. The van der Waals surface area contributed by atoms with Gasteiger partial charge in [0, 0.05) is 12.5 Å². The second-order valence-corrected chi connectivity index (χ2v) is 7.40. The predicted octanol–water partition coefficient (Wildman–Crippen LogP) is 2.11. The van der Waals surface area contributed by atoms with Crippen LogP contribution >= 0.6 is 11.8 Å². The maximum absolute atomic E-state index is 13.4. The van der Waals surface area contributed by atoms with E-state index in [1.54, 1.807) is 0 Å². The first kappa shape index (κ1) is 20.3. The quantitative estimate of drug-likeness (QED) is 0.459. The maximum Gasteiger partial charge on any atom is 0.330 e. The zero-order valence-electron chi connectivity index (χ0n) is 14.5. The molecule has 140 valence electrons. The molecule has 1 saturated heterocycles. The molecule has 1 aliphatic rings. The maximum atomic E-state index is 13.4. The number of rotatable bonds is 6. The van der Waals surface area contributed by atoms with Gasteiger partial charge in [0.05, 0.1) is 11.2 Å². The van der Waals surface area contributed by atoms with Crippen LogP contribution in [0.4, 0.5) is 4.39 Å². The molecule has 1 heterocycles. The number of hydrogen-bond donors (Lipinski definition) is 1. The lowest BCUT2D eigenvalue weighted by atomic mass is 9.99. The summed E-state index contributed by atoms with van der Waals surface area (Å²) in [7, 11) is 0. The van der Waals surface area contributed by atoms with E-state index in [2.05, 4.69) is 5.32 Å². The molecule has 1 aromatic rings. The molecular formula is C18H20FNO5S. The highest BCUT2D eigenvalue weighted by atomic mass is 32.2. The van der Waals surface area contributed by atoms with Crippen LogP contribution in [0.15, 0.2) is 24.3 Å². The number of Topliss-reactive ketones (excluding diaryl/α,β-unsaturated/α-hetero) is 1. The Labute approximate surface area is 154 Å². The minimum atomic E-state index is -1.11. The Hall–Kier alpha value is -2.06. The molecule has 1 aromatic carbocycles. The smallest absolute Gasteiger partial charge is 0.330 e. The van der Waals surface area contributed by atoms with Gasteiger partial charge < -0.3 is 10.1 Å². The van der Waals surface area contributed by atoms with Crippen LogP contribution in [0.2, 0.25) is 0 Å². The van der Waals surface area contributed by atoms with Crippen molar-refractivity contribution >= 4 is 34.6 Å². The van der Waals surface area contributed by atoms with E-state index in [-0.39, 0.29) is 10.7 Å². The number of carbonyl (C=O) groups is 4. The Kier molecular flexibility index (Phi) is 7.05. The normalized spacial score (nSPS) is 18.8. The molecule has 1 fully saturated rings. The molecule has 0 aromatic heterocycles. The van der Waals surface area contributed by atoms with Crippen LogP contribution in [-0.4, -0.2) is 40.7 Å². The van der Waals surface area contributed by atoms with E-state index in [1.165, 1.54) is 32.0 Å². The second kappa shape index (κ2) is 9.05. The molecular weight excluding hydrogens is 361 g/mol. The summed E-state index contributed by atoms with van der Waals surface area (Å²) in [5.41, 5.74) is 0.0483. The largest absolute Gasteiger partial charge is 0.392 e. The number of hydrogen-bond acceptors (Lipinski definition) is 7. The SMILES string of the molecule is CC(=O)SC(C(=O)c1cccc(F)c1)C(C)C(=O)OC(=O)[C@@H]1CCCN1. The Morgan fingerprint density at radius 3 is 2.62 bits per heavy atom. The number of ether oxygens (including phenoxy) is 1. The number of thioether (sulfide) groups is 1. The zero-order valence-corrected chi connectivity index (χ0v) is 15.3. The first-order chi connectivity index (χ1) is 12.3. The highest BCUT2D eigenvalue weighted by molar-refractivity contribution is 8.14. The van der Waals surface area contributed by atoms with Crippen LogP contribution in [0.5, 0.6) is 0 Å². The second-order valence-electron chi connectivity index (χ2n) is 6.08. The van der Waals surface area contributed by atoms with Crippen molar-refractivity contribution in [2.75, 3.05) is 6.54 Å². The molecule has 0 aliphatic carbocycles. The lowest BCUT2D eigenvalue weighted by molar-refractivity contribution is -0.163. The van der Waals surface area contributed by atoms with Crippen LogP contribution in [0.1, 0.15) is 37.0 Å². The van der Waals surface area contributed by atoms with Crippen LogP contribution in [0, 0.1) is 11.7 Å². The molecule has 2 unspecified atom stereocenters. The first-order valence-corrected chi connectivity index (χ1v) is 9.13. The molecule has 3 atom stereocenters. The Balaban J connectivity index is 2.13. The fourth-order valence-corrected chi connectivity index (χ4v) is 3.56. The molecule has 8 heteroatoms. The van der Waals surface area contributed by atoms with Crippen molar-refractivity contribution in [1.82, 2.24) is 5.32 Å². The summed E-state index contributed by atoms with van der Waals surface area (Å²) in [6, 6.07) is 4.47. The van der Waals surface area contributed by atoms with Crippen LogP contribution in [0.3, 0.4) is 0 Å². The molecule has 6 nitrogen and oxygen atoms in total.